The van der Waals surface area contributed by atoms with Gasteiger partial charge in [-0.3, -0.25) is 0 Å². The van der Waals surface area contributed by atoms with Crippen LogP contribution in [0.2, 0.25) is 0 Å². The Hall–Kier alpha value is -1.02. The summed E-state index contributed by atoms with van der Waals surface area (Å²) < 4.78 is 0. The van der Waals surface area contributed by atoms with Crippen LogP contribution < -0.4 is 10.6 Å². The van der Waals surface area contributed by atoms with E-state index in [1.54, 1.807) is 0 Å². The Morgan fingerprint density at radius 2 is 1.92 bits per heavy atom. The van der Waals surface area contributed by atoms with Crippen molar-refractivity contribution in [3.05, 3.63) is 30.3 Å². The molecule has 1 aromatic rings. The number of hydrogen-bond acceptors (Lipinski definition) is 2. The molecule has 2 rings (SSSR count). The Bertz CT molecular complexity index is 258. The van der Waals surface area contributed by atoms with Crippen molar-refractivity contribution in [3.8, 4) is 0 Å². The predicted octanol–water partition coefficient (Wildman–Crippen LogP) is 1.96. The third kappa shape index (κ3) is 1.83. The number of benzene rings is 1. The molecular formula is C11H16N2. The van der Waals surface area contributed by atoms with E-state index in [0.29, 0.717) is 0 Å². The molecule has 2 nitrogen and oxygen atoms in total. The van der Waals surface area contributed by atoms with Crippen molar-refractivity contribution in [1.29, 1.82) is 0 Å². The smallest absolute Gasteiger partial charge is 0.0770 e. The summed E-state index contributed by atoms with van der Waals surface area (Å²) in [6, 6.07) is 10.4. The largest absolute Gasteiger partial charge is 0.356 e. The first-order valence-corrected chi connectivity index (χ1v) is 4.95. The van der Waals surface area contributed by atoms with Gasteiger partial charge in [-0.25, -0.2) is 0 Å². The molecule has 0 amide bonds. The van der Waals surface area contributed by atoms with Crippen LogP contribution in [0.5, 0.6) is 0 Å². The van der Waals surface area contributed by atoms with E-state index in [1.165, 1.54) is 18.5 Å². The lowest BCUT2D eigenvalue weighted by Gasteiger charge is -2.34. The fourth-order valence-corrected chi connectivity index (χ4v) is 1.90. The Morgan fingerprint density at radius 1 is 1.15 bits per heavy atom. The summed E-state index contributed by atoms with van der Waals surface area (Å²) in [5.41, 5.74) is 7.30. The SMILES string of the molecule is NC1CCCCN1c1ccccc1. The van der Waals surface area contributed by atoms with Gasteiger partial charge in [-0.15, -0.1) is 0 Å². The van der Waals surface area contributed by atoms with Gasteiger partial charge in [0.2, 0.25) is 0 Å². The van der Waals surface area contributed by atoms with Crippen molar-refractivity contribution >= 4 is 5.69 Å². The number of anilines is 1. The summed E-state index contributed by atoms with van der Waals surface area (Å²) in [4.78, 5) is 2.30. The van der Waals surface area contributed by atoms with Gasteiger partial charge >= 0.3 is 0 Å². The maximum absolute atomic E-state index is 6.04. The van der Waals surface area contributed by atoms with Crippen molar-refractivity contribution in [3.63, 3.8) is 0 Å². The maximum atomic E-state index is 6.04. The predicted molar refractivity (Wildman–Crippen MR) is 55.6 cm³/mol. The molecule has 0 saturated carbocycles. The standard InChI is InChI=1S/C11H16N2/c12-11-8-4-5-9-13(11)10-6-2-1-3-7-10/h1-3,6-7,11H,4-5,8-9,12H2. The van der Waals surface area contributed by atoms with Crippen LogP contribution in [0.3, 0.4) is 0 Å². The van der Waals surface area contributed by atoms with Gasteiger partial charge < -0.3 is 10.6 Å². The number of para-hydroxylation sites is 1. The van der Waals surface area contributed by atoms with E-state index in [4.69, 9.17) is 5.73 Å². The highest BCUT2D eigenvalue weighted by molar-refractivity contribution is 5.47. The normalized spacial score (nSPS) is 23.2. The number of piperidine rings is 1. The minimum Gasteiger partial charge on any atom is -0.356 e. The van der Waals surface area contributed by atoms with Crippen molar-refractivity contribution in [2.45, 2.75) is 25.4 Å². The second-order valence-electron chi connectivity index (χ2n) is 3.59. The molecule has 0 spiro atoms. The van der Waals surface area contributed by atoms with Crippen LogP contribution in [0, 0.1) is 0 Å². The minimum absolute atomic E-state index is 0.219. The van der Waals surface area contributed by atoms with Crippen molar-refractivity contribution in [1.82, 2.24) is 0 Å². The van der Waals surface area contributed by atoms with Crippen LogP contribution in [0.25, 0.3) is 0 Å². The van der Waals surface area contributed by atoms with E-state index < -0.39 is 0 Å². The fourth-order valence-electron chi connectivity index (χ4n) is 1.90. The zero-order valence-corrected chi connectivity index (χ0v) is 7.82. The van der Waals surface area contributed by atoms with Crippen molar-refractivity contribution < 1.29 is 0 Å². The average molecular weight is 176 g/mol. The summed E-state index contributed by atoms with van der Waals surface area (Å²) in [6.07, 6.45) is 3.87. The zero-order chi connectivity index (χ0) is 9.10. The van der Waals surface area contributed by atoms with Crippen LogP contribution in [0.4, 0.5) is 5.69 Å². The summed E-state index contributed by atoms with van der Waals surface area (Å²) in [5.74, 6) is 0. The number of nitrogens with zero attached hydrogens (tertiary/aromatic N) is 1. The highest BCUT2D eigenvalue weighted by atomic mass is 15.2. The molecule has 1 aliphatic rings. The first-order valence-electron chi connectivity index (χ1n) is 4.95. The Kier molecular flexibility index (Phi) is 2.50. The lowest BCUT2D eigenvalue weighted by Crippen LogP contribution is -2.45. The molecule has 0 aliphatic carbocycles. The zero-order valence-electron chi connectivity index (χ0n) is 7.82. The summed E-state index contributed by atoms with van der Waals surface area (Å²) in [6.45, 7) is 1.10. The van der Waals surface area contributed by atoms with Crippen LogP contribution >= 0.6 is 0 Å². The van der Waals surface area contributed by atoms with Gasteiger partial charge in [-0.05, 0) is 31.4 Å². The molecule has 1 fully saturated rings. The van der Waals surface area contributed by atoms with Crippen LogP contribution in [0.15, 0.2) is 30.3 Å². The highest BCUT2D eigenvalue weighted by Crippen LogP contribution is 2.21. The Balaban J connectivity index is 2.15. The Labute approximate surface area is 79.4 Å². The third-order valence-corrected chi connectivity index (χ3v) is 2.64. The van der Waals surface area contributed by atoms with Crippen molar-refractivity contribution in [2.24, 2.45) is 5.73 Å². The van der Waals surface area contributed by atoms with E-state index in [-0.39, 0.29) is 6.17 Å². The second kappa shape index (κ2) is 3.79. The van der Waals surface area contributed by atoms with E-state index in [9.17, 15) is 0 Å². The van der Waals surface area contributed by atoms with Gasteiger partial charge in [0.25, 0.3) is 0 Å². The van der Waals surface area contributed by atoms with Gasteiger partial charge in [-0.1, -0.05) is 18.2 Å². The van der Waals surface area contributed by atoms with Gasteiger partial charge in [0.1, 0.15) is 0 Å². The number of hydrogen-bond donors (Lipinski definition) is 1. The lowest BCUT2D eigenvalue weighted by molar-refractivity contribution is 0.470. The molecule has 1 aromatic carbocycles. The van der Waals surface area contributed by atoms with E-state index in [2.05, 4.69) is 29.2 Å². The molecule has 1 unspecified atom stereocenters. The molecule has 1 heterocycles. The van der Waals surface area contributed by atoms with Crippen LogP contribution in [-0.2, 0) is 0 Å². The molecule has 70 valence electrons. The van der Waals surface area contributed by atoms with Gasteiger partial charge in [0.15, 0.2) is 0 Å². The molecule has 2 heteroatoms. The monoisotopic (exact) mass is 176 g/mol. The van der Waals surface area contributed by atoms with Gasteiger partial charge in [0, 0.05) is 12.2 Å². The molecule has 13 heavy (non-hydrogen) atoms. The Morgan fingerprint density at radius 3 is 2.62 bits per heavy atom. The van der Waals surface area contributed by atoms with E-state index in [1.807, 2.05) is 6.07 Å². The molecule has 0 bridgehead atoms. The average Bonchev–Trinajstić information content (AvgIpc) is 2.20. The molecular weight excluding hydrogens is 160 g/mol. The lowest BCUT2D eigenvalue weighted by atomic mass is 10.1. The first-order chi connectivity index (χ1) is 6.38. The molecule has 1 saturated heterocycles. The van der Waals surface area contributed by atoms with Crippen molar-refractivity contribution in [2.75, 3.05) is 11.4 Å². The van der Waals surface area contributed by atoms with E-state index in [0.717, 1.165) is 13.0 Å². The highest BCUT2D eigenvalue weighted by Gasteiger charge is 2.18. The summed E-state index contributed by atoms with van der Waals surface area (Å²) in [5, 5.41) is 0. The van der Waals surface area contributed by atoms with Gasteiger partial charge in [0.05, 0.1) is 6.17 Å². The number of rotatable bonds is 1. The van der Waals surface area contributed by atoms with Crippen LogP contribution in [0.1, 0.15) is 19.3 Å². The van der Waals surface area contributed by atoms with E-state index >= 15 is 0 Å². The van der Waals surface area contributed by atoms with Gasteiger partial charge in [-0.2, -0.15) is 0 Å². The summed E-state index contributed by atoms with van der Waals surface area (Å²) in [7, 11) is 0. The van der Waals surface area contributed by atoms with Crippen LogP contribution in [-0.4, -0.2) is 12.7 Å². The third-order valence-electron chi connectivity index (χ3n) is 2.64. The fraction of sp³-hybridized carbons (Fsp3) is 0.455. The molecule has 1 aliphatic heterocycles. The second-order valence-corrected chi connectivity index (χ2v) is 3.59. The molecule has 2 N–H and O–H groups in total. The molecule has 0 radical (unpaired) electrons. The molecule has 0 aromatic heterocycles. The first kappa shape index (κ1) is 8.57. The minimum atomic E-state index is 0.219. The topological polar surface area (TPSA) is 29.3 Å². The maximum Gasteiger partial charge on any atom is 0.0770 e. The molecule has 1 atom stereocenters. The number of nitrogens with two attached hydrogens (primary N) is 1. The summed E-state index contributed by atoms with van der Waals surface area (Å²) >= 11 is 0. The quantitative estimate of drug-likeness (QED) is 0.708.